The molecule has 63 heavy (non-hydrogen) atoms. The maximum absolute atomic E-state index is 2.52. The van der Waals surface area contributed by atoms with E-state index in [1.807, 2.05) is 0 Å². The van der Waals surface area contributed by atoms with E-state index in [9.17, 15) is 0 Å². The van der Waals surface area contributed by atoms with Gasteiger partial charge in [0.05, 0.1) is 22.4 Å². The van der Waals surface area contributed by atoms with E-state index in [-0.39, 0.29) is 11.5 Å². The van der Waals surface area contributed by atoms with Gasteiger partial charge in [-0.3, -0.25) is 0 Å². The molecule has 0 saturated heterocycles. The van der Waals surface area contributed by atoms with E-state index < -0.39 is 0 Å². The summed E-state index contributed by atoms with van der Waals surface area (Å²) in [5.74, 6) is 0.192. The molecule has 0 radical (unpaired) electrons. The van der Waals surface area contributed by atoms with Gasteiger partial charge in [-0.2, -0.15) is 0 Å². The summed E-state index contributed by atoms with van der Waals surface area (Å²) in [7, 11) is 0. The van der Waals surface area contributed by atoms with Gasteiger partial charge in [-0.15, -0.1) is 0 Å². The highest BCUT2D eigenvalue weighted by Gasteiger charge is 2.47. The van der Waals surface area contributed by atoms with Gasteiger partial charge >= 0.3 is 0 Å². The molecule has 3 aliphatic rings. The first-order chi connectivity index (χ1) is 31.2. The Balaban J connectivity index is 1.03. The molecule has 0 fully saturated rings. The molecule has 0 N–H and O–H groups in total. The largest absolute Gasteiger partial charge is 0.331 e. The van der Waals surface area contributed by atoms with Crippen molar-refractivity contribution in [1.29, 1.82) is 0 Å². The third-order valence-corrected chi connectivity index (χ3v) is 13.4. The molecule has 2 heterocycles. The van der Waals surface area contributed by atoms with Crippen LogP contribution in [0.2, 0.25) is 0 Å². The van der Waals surface area contributed by atoms with Crippen LogP contribution in [0.15, 0.2) is 225 Å². The van der Waals surface area contributed by atoms with Gasteiger partial charge in [-0.25, -0.2) is 0 Å². The van der Waals surface area contributed by atoms with Crippen molar-refractivity contribution < 1.29 is 0 Å². The second-order valence-corrected chi connectivity index (χ2v) is 17.0. The Morgan fingerprint density at radius 2 is 1.11 bits per heavy atom. The molecule has 0 spiro atoms. The lowest BCUT2D eigenvalue weighted by atomic mass is 9.80. The highest BCUT2D eigenvalue weighted by Crippen LogP contribution is 2.55. The summed E-state index contributed by atoms with van der Waals surface area (Å²) in [6, 6.07) is 71.0. The molecule has 0 saturated carbocycles. The second kappa shape index (κ2) is 15.0. The summed E-state index contributed by atoms with van der Waals surface area (Å²) in [6.07, 6.45) is 15.9. The first-order valence-electron chi connectivity index (χ1n) is 22.1. The average Bonchev–Trinajstić information content (AvgIpc) is 3.81. The van der Waals surface area contributed by atoms with E-state index in [0.29, 0.717) is 0 Å². The third-order valence-electron chi connectivity index (χ3n) is 13.4. The summed E-state index contributed by atoms with van der Waals surface area (Å²) in [5, 5.41) is 3.61. The third kappa shape index (κ3) is 5.97. The van der Waals surface area contributed by atoms with Crippen LogP contribution < -0.4 is 14.7 Å². The molecular formula is C59H46N4. The number of benzene rings is 8. The molecule has 302 valence electrons. The van der Waals surface area contributed by atoms with Gasteiger partial charge in [0.2, 0.25) is 0 Å². The van der Waals surface area contributed by atoms with Crippen LogP contribution in [0.3, 0.4) is 0 Å². The zero-order valence-corrected chi connectivity index (χ0v) is 35.2. The van der Waals surface area contributed by atoms with Crippen molar-refractivity contribution in [3.63, 3.8) is 0 Å². The number of anilines is 8. The van der Waals surface area contributed by atoms with E-state index >= 15 is 0 Å². The molecule has 4 heteroatoms. The highest BCUT2D eigenvalue weighted by molar-refractivity contribution is 6.07. The molecular weight excluding hydrogens is 765 g/mol. The van der Waals surface area contributed by atoms with Crippen LogP contribution in [0.4, 0.5) is 45.5 Å². The van der Waals surface area contributed by atoms with Crippen LogP contribution in [-0.4, -0.2) is 10.1 Å². The van der Waals surface area contributed by atoms with Gasteiger partial charge in [0, 0.05) is 73.1 Å². The van der Waals surface area contributed by atoms with Crippen LogP contribution in [-0.2, 0) is 6.42 Å². The minimum Gasteiger partial charge on any atom is -0.331 e. The van der Waals surface area contributed by atoms with Crippen LogP contribution in [0.1, 0.15) is 36.1 Å². The fraction of sp³-hybridized carbons (Fsp3) is 0.0847. The van der Waals surface area contributed by atoms with Crippen molar-refractivity contribution in [2.45, 2.75) is 31.2 Å². The zero-order chi connectivity index (χ0) is 41.9. The number of allylic oxidation sites excluding steroid dienone is 3. The Hall–Kier alpha value is -7.82. The Kier molecular flexibility index (Phi) is 8.79. The van der Waals surface area contributed by atoms with Crippen LogP contribution in [0.5, 0.6) is 0 Å². The molecule has 1 aromatic heterocycles. The van der Waals surface area contributed by atoms with Crippen LogP contribution >= 0.6 is 0 Å². The van der Waals surface area contributed by atoms with E-state index in [1.54, 1.807) is 0 Å². The maximum Gasteiger partial charge on any atom is 0.0712 e. The van der Waals surface area contributed by atoms with Gasteiger partial charge < -0.3 is 19.3 Å². The van der Waals surface area contributed by atoms with Crippen molar-refractivity contribution >= 4 is 73.3 Å². The number of hydrogen-bond acceptors (Lipinski definition) is 3. The molecule has 0 amide bonds. The monoisotopic (exact) mass is 810 g/mol. The van der Waals surface area contributed by atoms with E-state index in [2.05, 4.69) is 257 Å². The highest BCUT2D eigenvalue weighted by atomic mass is 15.2. The fourth-order valence-corrected chi connectivity index (χ4v) is 10.6. The number of nitrogens with zero attached hydrogens (tertiary/aromatic N) is 4. The Bertz CT molecular complexity index is 3260. The van der Waals surface area contributed by atoms with Gasteiger partial charge in [0.1, 0.15) is 0 Å². The SMILES string of the molecule is C[C@]12C=CC=CC1c1cc(N(c3ccccc3)c3cccc4c(N(c5ccccc5)c5ccc6c(c5)c5c(n6-c6ccccc6)CCC=C5)cccc34)ccc1N2c1ccccc1. The van der Waals surface area contributed by atoms with Crippen molar-refractivity contribution in [2.75, 3.05) is 14.7 Å². The van der Waals surface area contributed by atoms with Crippen molar-refractivity contribution in [3.05, 3.63) is 241 Å². The second-order valence-electron chi connectivity index (χ2n) is 17.0. The molecule has 1 unspecified atom stereocenters. The Labute approximate surface area is 369 Å². The van der Waals surface area contributed by atoms with E-state index in [1.165, 1.54) is 55.6 Å². The fourth-order valence-electron chi connectivity index (χ4n) is 10.6. The lowest BCUT2D eigenvalue weighted by molar-refractivity contribution is 0.542. The summed E-state index contributed by atoms with van der Waals surface area (Å²) < 4.78 is 2.47. The molecule has 4 nitrogen and oxygen atoms in total. The van der Waals surface area contributed by atoms with E-state index in [4.69, 9.17) is 0 Å². The molecule has 0 bridgehead atoms. The summed E-state index contributed by atoms with van der Waals surface area (Å²) in [5.41, 5.74) is 15.4. The Morgan fingerprint density at radius 1 is 0.524 bits per heavy atom. The molecule has 1 aliphatic heterocycles. The predicted octanol–water partition coefficient (Wildman–Crippen LogP) is 15.8. The number of fused-ring (bicyclic) bond motifs is 7. The summed E-state index contributed by atoms with van der Waals surface area (Å²) in [4.78, 5) is 7.40. The predicted molar refractivity (Wildman–Crippen MR) is 266 cm³/mol. The molecule has 12 rings (SSSR count). The van der Waals surface area contributed by atoms with Crippen molar-refractivity contribution in [1.82, 2.24) is 4.57 Å². The van der Waals surface area contributed by atoms with E-state index in [0.717, 1.165) is 47.0 Å². The average molecular weight is 811 g/mol. The van der Waals surface area contributed by atoms with Gasteiger partial charge in [0.25, 0.3) is 0 Å². The molecule has 2 aliphatic carbocycles. The quantitative estimate of drug-likeness (QED) is 0.152. The summed E-state index contributed by atoms with van der Waals surface area (Å²) in [6.45, 7) is 2.37. The molecule has 2 atom stereocenters. The lowest BCUT2D eigenvalue weighted by Crippen LogP contribution is -2.41. The van der Waals surface area contributed by atoms with Crippen molar-refractivity contribution in [2.24, 2.45) is 0 Å². The smallest absolute Gasteiger partial charge is 0.0712 e. The number of aromatic nitrogens is 1. The standard InChI is InChI=1S/C59H46N4/c1-59-39-17-16-31-53(59)52-41-47(36-38-58(52)63(59)45-26-12-5-13-27-45)61(43-22-8-3-9-23-43)55-34-19-29-48-49(55)30-18-33-54(48)60(42-20-6-2-7-21-42)46-35-37-57-51(40-46)50-28-14-15-32-56(50)62(57)44-24-10-4-11-25-44/h2-14,16-31,33-41,53H,15,32H2,1H3/t53?,59-/m0/s1. The number of para-hydroxylation sites is 4. The maximum atomic E-state index is 2.52. The van der Waals surface area contributed by atoms with Gasteiger partial charge in [-0.05, 0) is 122 Å². The van der Waals surface area contributed by atoms with Crippen LogP contribution in [0, 0.1) is 0 Å². The Morgan fingerprint density at radius 3 is 1.76 bits per heavy atom. The summed E-state index contributed by atoms with van der Waals surface area (Å²) >= 11 is 0. The van der Waals surface area contributed by atoms with Gasteiger partial charge in [-0.1, -0.05) is 134 Å². The first-order valence-corrected chi connectivity index (χ1v) is 22.1. The minimum atomic E-state index is -0.230. The number of rotatable bonds is 8. The molecule has 9 aromatic rings. The molecule has 8 aromatic carbocycles. The lowest BCUT2D eigenvalue weighted by Gasteiger charge is -2.39. The van der Waals surface area contributed by atoms with Gasteiger partial charge in [0.15, 0.2) is 0 Å². The van der Waals surface area contributed by atoms with Crippen molar-refractivity contribution in [3.8, 4) is 5.69 Å². The minimum absolute atomic E-state index is 0.192. The first kappa shape index (κ1) is 37.0. The van der Waals surface area contributed by atoms with Crippen LogP contribution in [0.25, 0.3) is 33.4 Å². The topological polar surface area (TPSA) is 14.7 Å². The normalized spacial score (nSPS) is 17.2. The number of hydrogen-bond donors (Lipinski definition) is 0. The zero-order valence-electron chi connectivity index (χ0n) is 35.2.